The number of hydrogen-bond donors (Lipinski definition) is 1. The average Bonchev–Trinajstić information content (AvgIpc) is 3.29. The van der Waals surface area contributed by atoms with E-state index in [1.807, 2.05) is 35.2 Å². The number of aromatic nitrogens is 3. The molecular formula is C24H27N5O3. The Hall–Kier alpha value is -3.68. The first kappa shape index (κ1) is 21.5. The number of nitrogens with zero attached hydrogens (tertiary/aromatic N) is 4. The van der Waals surface area contributed by atoms with Crippen molar-refractivity contribution in [1.82, 2.24) is 19.9 Å². The predicted molar refractivity (Wildman–Crippen MR) is 121 cm³/mol. The zero-order chi connectivity index (χ0) is 22.6. The van der Waals surface area contributed by atoms with Crippen molar-refractivity contribution in [3.8, 4) is 11.5 Å². The van der Waals surface area contributed by atoms with E-state index in [2.05, 4.69) is 15.3 Å². The van der Waals surface area contributed by atoms with Crippen molar-refractivity contribution in [2.75, 3.05) is 19.0 Å². The average molecular weight is 434 g/mol. The number of likely N-dealkylation sites (tertiary alicyclic amines) is 1. The second kappa shape index (κ2) is 9.21. The molecule has 0 bridgehead atoms. The SMILES string of the molecule is COc1ccc(OC(C)(C)C(=O)N2CCCC2c2cccc(Nc3cnccn3)n2)cc1. The van der Waals surface area contributed by atoms with E-state index in [4.69, 9.17) is 14.5 Å². The highest BCUT2D eigenvalue weighted by Crippen LogP contribution is 2.34. The number of carbonyl (C=O) groups excluding carboxylic acids is 1. The van der Waals surface area contributed by atoms with Gasteiger partial charge in [-0.25, -0.2) is 9.97 Å². The van der Waals surface area contributed by atoms with E-state index in [-0.39, 0.29) is 11.9 Å². The molecule has 8 nitrogen and oxygen atoms in total. The summed E-state index contributed by atoms with van der Waals surface area (Å²) in [7, 11) is 1.61. The lowest BCUT2D eigenvalue weighted by Crippen LogP contribution is -2.48. The number of amides is 1. The van der Waals surface area contributed by atoms with Gasteiger partial charge < -0.3 is 19.7 Å². The largest absolute Gasteiger partial charge is 0.497 e. The first-order chi connectivity index (χ1) is 15.5. The van der Waals surface area contributed by atoms with Crippen LogP contribution in [0.4, 0.5) is 11.6 Å². The number of methoxy groups -OCH3 is 1. The number of pyridine rings is 1. The molecular weight excluding hydrogens is 406 g/mol. The molecule has 0 aliphatic carbocycles. The highest BCUT2D eigenvalue weighted by atomic mass is 16.5. The number of nitrogens with one attached hydrogen (secondary N) is 1. The van der Waals surface area contributed by atoms with Gasteiger partial charge in [-0.15, -0.1) is 0 Å². The van der Waals surface area contributed by atoms with Gasteiger partial charge in [-0.05, 0) is 63.1 Å². The Morgan fingerprint density at radius 2 is 1.88 bits per heavy atom. The maximum atomic E-state index is 13.5. The minimum absolute atomic E-state index is 0.0649. The van der Waals surface area contributed by atoms with Gasteiger partial charge in [0.15, 0.2) is 5.60 Å². The van der Waals surface area contributed by atoms with E-state index in [0.29, 0.717) is 23.9 Å². The van der Waals surface area contributed by atoms with Gasteiger partial charge in [0.25, 0.3) is 5.91 Å². The summed E-state index contributed by atoms with van der Waals surface area (Å²) in [4.78, 5) is 28.4. The second-order valence-corrected chi connectivity index (χ2v) is 8.11. The van der Waals surface area contributed by atoms with Crippen molar-refractivity contribution in [3.05, 3.63) is 66.7 Å². The molecule has 1 N–H and O–H groups in total. The standard InChI is InChI=1S/C24H27N5O3/c1-24(2,32-18-11-9-17(31-3)10-12-18)23(30)29-15-5-7-20(29)19-6-4-8-21(27-19)28-22-16-25-13-14-26-22/h4,6,8-14,16,20H,5,7,15H2,1-3H3,(H,26,27,28). The fourth-order valence-electron chi connectivity index (χ4n) is 3.85. The first-order valence-electron chi connectivity index (χ1n) is 10.6. The maximum absolute atomic E-state index is 13.5. The number of carbonyl (C=O) groups is 1. The molecule has 1 saturated heterocycles. The van der Waals surface area contributed by atoms with Crippen LogP contribution in [0.15, 0.2) is 61.1 Å². The van der Waals surface area contributed by atoms with Crippen molar-refractivity contribution in [3.63, 3.8) is 0 Å². The van der Waals surface area contributed by atoms with Gasteiger partial charge in [0.2, 0.25) is 0 Å². The number of rotatable bonds is 7. The molecule has 1 unspecified atom stereocenters. The highest BCUT2D eigenvalue weighted by molar-refractivity contribution is 5.85. The maximum Gasteiger partial charge on any atom is 0.266 e. The van der Waals surface area contributed by atoms with E-state index in [9.17, 15) is 4.79 Å². The molecule has 166 valence electrons. The number of benzene rings is 1. The smallest absolute Gasteiger partial charge is 0.266 e. The summed E-state index contributed by atoms with van der Waals surface area (Å²) in [5.74, 6) is 2.57. The second-order valence-electron chi connectivity index (χ2n) is 8.11. The van der Waals surface area contributed by atoms with Crippen molar-refractivity contribution >= 4 is 17.5 Å². The predicted octanol–water partition coefficient (Wildman–Crippen LogP) is 4.14. The third-order valence-electron chi connectivity index (χ3n) is 5.39. The molecule has 1 amide bonds. The molecule has 3 heterocycles. The summed E-state index contributed by atoms with van der Waals surface area (Å²) >= 11 is 0. The van der Waals surface area contributed by atoms with Gasteiger partial charge in [-0.1, -0.05) is 6.07 Å². The van der Waals surface area contributed by atoms with Crippen molar-refractivity contribution in [2.24, 2.45) is 0 Å². The van der Waals surface area contributed by atoms with Crippen LogP contribution in [0.1, 0.15) is 38.4 Å². The van der Waals surface area contributed by atoms with E-state index in [1.54, 1.807) is 51.7 Å². The zero-order valence-corrected chi connectivity index (χ0v) is 18.5. The summed E-state index contributed by atoms with van der Waals surface area (Å²) in [6, 6.07) is 12.9. The van der Waals surface area contributed by atoms with Crippen molar-refractivity contribution < 1.29 is 14.3 Å². The zero-order valence-electron chi connectivity index (χ0n) is 18.5. The molecule has 4 rings (SSSR count). The van der Waals surface area contributed by atoms with Crippen molar-refractivity contribution in [1.29, 1.82) is 0 Å². The summed E-state index contributed by atoms with van der Waals surface area (Å²) in [5.41, 5.74) is -0.183. The van der Waals surface area contributed by atoms with Gasteiger partial charge in [0.1, 0.15) is 23.1 Å². The molecule has 1 aliphatic heterocycles. The molecule has 0 spiro atoms. The Kier molecular flexibility index (Phi) is 6.20. The van der Waals surface area contributed by atoms with E-state index < -0.39 is 5.60 Å². The molecule has 0 radical (unpaired) electrons. The van der Waals surface area contributed by atoms with Gasteiger partial charge in [0.05, 0.1) is 25.0 Å². The molecule has 3 aromatic rings. The fourth-order valence-corrected chi connectivity index (χ4v) is 3.85. The Balaban J connectivity index is 1.49. The third kappa shape index (κ3) is 4.80. The van der Waals surface area contributed by atoms with Crippen molar-refractivity contribution in [2.45, 2.75) is 38.3 Å². The summed E-state index contributed by atoms with van der Waals surface area (Å²) < 4.78 is 11.3. The van der Waals surface area contributed by atoms with Crippen LogP contribution < -0.4 is 14.8 Å². The molecule has 1 atom stereocenters. The molecule has 1 aromatic carbocycles. The van der Waals surface area contributed by atoms with Gasteiger partial charge in [0, 0.05) is 18.9 Å². The van der Waals surface area contributed by atoms with Crippen LogP contribution in [-0.4, -0.2) is 45.0 Å². The van der Waals surface area contributed by atoms with Crippen LogP contribution in [0.3, 0.4) is 0 Å². The number of ether oxygens (including phenoxy) is 2. The quantitative estimate of drug-likeness (QED) is 0.599. The summed E-state index contributed by atoms with van der Waals surface area (Å²) in [6.07, 6.45) is 6.64. The number of anilines is 2. The van der Waals surface area contributed by atoms with Gasteiger partial charge in [-0.3, -0.25) is 9.78 Å². The van der Waals surface area contributed by atoms with E-state index in [0.717, 1.165) is 24.3 Å². The monoisotopic (exact) mass is 433 g/mol. The van der Waals surface area contributed by atoms with Crippen LogP contribution in [-0.2, 0) is 4.79 Å². The van der Waals surface area contributed by atoms with E-state index >= 15 is 0 Å². The number of hydrogen-bond acceptors (Lipinski definition) is 7. The Bertz CT molecular complexity index is 1060. The lowest BCUT2D eigenvalue weighted by Gasteiger charge is -2.33. The first-order valence-corrected chi connectivity index (χ1v) is 10.6. The molecule has 1 aliphatic rings. The molecule has 2 aromatic heterocycles. The van der Waals surface area contributed by atoms with Gasteiger partial charge >= 0.3 is 0 Å². The Morgan fingerprint density at radius 1 is 1.09 bits per heavy atom. The van der Waals surface area contributed by atoms with Crippen LogP contribution in [0, 0.1) is 0 Å². The van der Waals surface area contributed by atoms with Gasteiger partial charge in [-0.2, -0.15) is 0 Å². The topological polar surface area (TPSA) is 89.5 Å². The Labute approximate surface area is 187 Å². The lowest BCUT2D eigenvalue weighted by molar-refractivity contribution is -0.146. The molecule has 0 saturated carbocycles. The van der Waals surface area contributed by atoms with Crippen LogP contribution in [0.2, 0.25) is 0 Å². The summed E-state index contributed by atoms with van der Waals surface area (Å²) in [6.45, 7) is 4.27. The molecule has 1 fully saturated rings. The van der Waals surface area contributed by atoms with Crippen LogP contribution >= 0.6 is 0 Å². The highest BCUT2D eigenvalue weighted by Gasteiger charge is 2.40. The minimum Gasteiger partial charge on any atom is -0.497 e. The van der Waals surface area contributed by atoms with Crippen LogP contribution in [0.5, 0.6) is 11.5 Å². The summed E-state index contributed by atoms with van der Waals surface area (Å²) in [5, 5.41) is 3.16. The van der Waals surface area contributed by atoms with Crippen LogP contribution in [0.25, 0.3) is 0 Å². The minimum atomic E-state index is -1.02. The lowest BCUT2D eigenvalue weighted by atomic mass is 10.1. The van der Waals surface area contributed by atoms with E-state index in [1.165, 1.54) is 0 Å². The fraction of sp³-hybridized carbons (Fsp3) is 0.333. The Morgan fingerprint density at radius 3 is 2.59 bits per heavy atom. The normalized spacial score (nSPS) is 16.0. The molecule has 8 heteroatoms. The third-order valence-corrected chi connectivity index (χ3v) is 5.39. The molecule has 32 heavy (non-hydrogen) atoms.